The first-order valence-corrected chi connectivity index (χ1v) is 5.13. The maximum Gasteiger partial charge on any atom is 0.250 e. The quantitative estimate of drug-likeness (QED) is 0.723. The van der Waals surface area contributed by atoms with Crippen LogP contribution in [0.1, 0.15) is 32.1 Å². The molecule has 0 radical (unpaired) electrons. The maximum atomic E-state index is 13.2. The number of rotatable bonds is 2. The summed E-state index contributed by atoms with van der Waals surface area (Å²) in [5.74, 6) is -0.211. The molecule has 1 aliphatic carbocycles. The molecule has 0 N–H and O–H groups in total. The third kappa shape index (κ3) is 2.22. The van der Waals surface area contributed by atoms with E-state index in [9.17, 15) is 4.39 Å². The van der Waals surface area contributed by atoms with Crippen molar-refractivity contribution in [2.75, 3.05) is 0 Å². The molecule has 1 saturated carbocycles. The molecule has 0 aromatic carbocycles. The topological polar surface area (TPSA) is 22.1 Å². The number of hydrogen-bond donors (Lipinski definition) is 0. The maximum absolute atomic E-state index is 13.2. The summed E-state index contributed by atoms with van der Waals surface area (Å²) in [6, 6.07) is 2.95. The Balaban J connectivity index is 1.99. The zero-order chi connectivity index (χ0) is 9.80. The Morgan fingerprint density at radius 3 is 2.79 bits per heavy atom. The third-order valence-electron chi connectivity index (χ3n) is 2.56. The standard InChI is InChI=1S/C11H14FNO/c12-10-7-4-8-13-11(10)14-9-5-2-1-3-6-9/h4,7-9H,1-3,5-6H2. The molecule has 0 saturated heterocycles. The minimum Gasteiger partial charge on any atom is -0.472 e. The Labute approximate surface area is 83.1 Å². The Morgan fingerprint density at radius 1 is 1.29 bits per heavy atom. The highest BCUT2D eigenvalue weighted by molar-refractivity contribution is 5.13. The molecule has 14 heavy (non-hydrogen) atoms. The highest BCUT2D eigenvalue weighted by atomic mass is 19.1. The lowest BCUT2D eigenvalue weighted by atomic mass is 9.98. The average Bonchev–Trinajstić information content (AvgIpc) is 2.23. The van der Waals surface area contributed by atoms with Gasteiger partial charge in [0.05, 0.1) is 0 Å². The van der Waals surface area contributed by atoms with Gasteiger partial charge in [0.2, 0.25) is 0 Å². The summed E-state index contributed by atoms with van der Waals surface area (Å²) in [7, 11) is 0. The van der Waals surface area contributed by atoms with E-state index >= 15 is 0 Å². The van der Waals surface area contributed by atoms with Crippen molar-refractivity contribution in [2.24, 2.45) is 0 Å². The molecule has 3 heteroatoms. The van der Waals surface area contributed by atoms with Crippen LogP contribution in [0.5, 0.6) is 5.88 Å². The van der Waals surface area contributed by atoms with Crippen LogP contribution in [0.15, 0.2) is 18.3 Å². The lowest BCUT2D eigenvalue weighted by molar-refractivity contribution is 0.142. The van der Waals surface area contributed by atoms with Crippen LogP contribution in [0.25, 0.3) is 0 Å². The third-order valence-corrected chi connectivity index (χ3v) is 2.56. The van der Waals surface area contributed by atoms with Gasteiger partial charge in [0.15, 0.2) is 5.82 Å². The summed E-state index contributed by atoms with van der Waals surface area (Å²) in [6.45, 7) is 0. The van der Waals surface area contributed by atoms with E-state index < -0.39 is 0 Å². The fourth-order valence-electron chi connectivity index (χ4n) is 1.80. The molecule has 2 rings (SSSR count). The van der Waals surface area contributed by atoms with E-state index in [-0.39, 0.29) is 17.8 Å². The summed E-state index contributed by atoms with van der Waals surface area (Å²) in [4.78, 5) is 3.88. The van der Waals surface area contributed by atoms with Crippen LogP contribution in [0.4, 0.5) is 4.39 Å². The van der Waals surface area contributed by atoms with E-state index in [0.29, 0.717) is 0 Å². The first-order valence-electron chi connectivity index (χ1n) is 5.13. The fraction of sp³-hybridized carbons (Fsp3) is 0.545. The molecule has 1 aliphatic rings. The Morgan fingerprint density at radius 2 is 2.07 bits per heavy atom. The monoisotopic (exact) mass is 195 g/mol. The van der Waals surface area contributed by atoms with E-state index in [1.165, 1.54) is 25.3 Å². The number of nitrogens with zero attached hydrogens (tertiary/aromatic N) is 1. The molecule has 0 unspecified atom stereocenters. The molecule has 0 amide bonds. The van der Waals surface area contributed by atoms with Gasteiger partial charge in [0.25, 0.3) is 5.88 Å². The average molecular weight is 195 g/mol. The number of aromatic nitrogens is 1. The second kappa shape index (κ2) is 4.40. The van der Waals surface area contributed by atoms with Crippen LogP contribution < -0.4 is 4.74 Å². The minimum absolute atomic E-state index is 0.152. The summed E-state index contributed by atoms with van der Waals surface area (Å²) < 4.78 is 18.7. The first-order chi connectivity index (χ1) is 6.86. The molecule has 0 aliphatic heterocycles. The number of halogens is 1. The van der Waals surface area contributed by atoms with E-state index in [1.54, 1.807) is 12.3 Å². The predicted molar refractivity (Wildman–Crippen MR) is 51.7 cm³/mol. The van der Waals surface area contributed by atoms with Crippen molar-refractivity contribution in [2.45, 2.75) is 38.2 Å². The summed E-state index contributed by atoms with van der Waals surface area (Å²) in [6.07, 6.45) is 7.39. The van der Waals surface area contributed by atoms with Crippen LogP contribution in [0.3, 0.4) is 0 Å². The SMILES string of the molecule is Fc1cccnc1OC1CCCCC1. The largest absolute Gasteiger partial charge is 0.472 e. The van der Waals surface area contributed by atoms with Crippen LogP contribution in [0, 0.1) is 5.82 Å². The van der Waals surface area contributed by atoms with Crippen molar-refractivity contribution in [3.63, 3.8) is 0 Å². The van der Waals surface area contributed by atoms with Gasteiger partial charge >= 0.3 is 0 Å². The summed E-state index contributed by atoms with van der Waals surface area (Å²) in [5, 5.41) is 0. The normalized spacial score (nSPS) is 18.1. The second-order valence-electron chi connectivity index (χ2n) is 3.67. The van der Waals surface area contributed by atoms with Crippen LogP contribution in [0.2, 0.25) is 0 Å². The van der Waals surface area contributed by atoms with E-state index in [1.807, 2.05) is 0 Å². The molecule has 1 aromatic rings. The molecule has 1 fully saturated rings. The Bertz CT molecular complexity index is 297. The molecule has 76 valence electrons. The predicted octanol–water partition coefficient (Wildman–Crippen LogP) is 2.93. The van der Waals surface area contributed by atoms with Gasteiger partial charge in [0.1, 0.15) is 6.10 Å². The first kappa shape index (κ1) is 9.44. The van der Waals surface area contributed by atoms with Crippen molar-refractivity contribution in [3.8, 4) is 5.88 Å². The molecule has 1 heterocycles. The summed E-state index contributed by atoms with van der Waals surface area (Å²) in [5.41, 5.74) is 0. The number of ether oxygens (including phenoxy) is 1. The van der Waals surface area contributed by atoms with Gasteiger partial charge in [-0.25, -0.2) is 9.37 Å². The molecule has 0 bridgehead atoms. The van der Waals surface area contributed by atoms with Crippen molar-refractivity contribution in [1.29, 1.82) is 0 Å². The number of pyridine rings is 1. The molecular weight excluding hydrogens is 181 g/mol. The van der Waals surface area contributed by atoms with Gasteiger partial charge in [-0.1, -0.05) is 6.42 Å². The van der Waals surface area contributed by atoms with Gasteiger partial charge in [-0.2, -0.15) is 0 Å². The second-order valence-corrected chi connectivity index (χ2v) is 3.67. The van der Waals surface area contributed by atoms with Crippen LogP contribution >= 0.6 is 0 Å². The Kier molecular flexibility index (Phi) is 2.96. The molecular formula is C11H14FNO. The van der Waals surface area contributed by atoms with E-state index in [2.05, 4.69) is 4.98 Å². The van der Waals surface area contributed by atoms with Crippen LogP contribution in [-0.4, -0.2) is 11.1 Å². The molecule has 0 spiro atoms. The van der Waals surface area contributed by atoms with Gasteiger partial charge < -0.3 is 4.74 Å². The molecule has 2 nitrogen and oxygen atoms in total. The van der Waals surface area contributed by atoms with E-state index in [0.717, 1.165) is 12.8 Å². The highest BCUT2D eigenvalue weighted by Gasteiger charge is 2.16. The Hall–Kier alpha value is -1.12. The minimum atomic E-state index is -0.363. The zero-order valence-corrected chi connectivity index (χ0v) is 8.08. The molecule has 1 aromatic heterocycles. The highest BCUT2D eigenvalue weighted by Crippen LogP contribution is 2.23. The van der Waals surface area contributed by atoms with Crippen molar-refractivity contribution >= 4 is 0 Å². The van der Waals surface area contributed by atoms with Gasteiger partial charge in [-0.05, 0) is 37.8 Å². The van der Waals surface area contributed by atoms with Gasteiger partial charge in [-0.15, -0.1) is 0 Å². The zero-order valence-electron chi connectivity index (χ0n) is 8.08. The van der Waals surface area contributed by atoms with Crippen molar-refractivity contribution in [1.82, 2.24) is 4.98 Å². The number of hydrogen-bond acceptors (Lipinski definition) is 2. The lowest BCUT2D eigenvalue weighted by Crippen LogP contribution is -2.20. The van der Waals surface area contributed by atoms with Crippen LogP contribution in [-0.2, 0) is 0 Å². The smallest absolute Gasteiger partial charge is 0.250 e. The van der Waals surface area contributed by atoms with Crippen molar-refractivity contribution < 1.29 is 9.13 Å². The van der Waals surface area contributed by atoms with Gasteiger partial charge in [0, 0.05) is 6.20 Å². The molecule has 0 atom stereocenters. The fourth-order valence-corrected chi connectivity index (χ4v) is 1.80. The van der Waals surface area contributed by atoms with Crippen molar-refractivity contribution in [3.05, 3.63) is 24.1 Å². The lowest BCUT2D eigenvalue weighted by Gasteiger charge is -2.22. The van der Waals surface area contributed by atoms with E-state index in [4.69, 9.17) is 4.74 Å². The summed E-state index contributed by atoms with van der Waals surface area (Å²) >= 11 is 0. The van der Waals surface area contributed by atoms with Gasteiger partial charge in [-0.3, -0.25) is 0 Å².